The Bertz CT molecular complexity index is 808. The van der Waals surface area contributed by atoms with Gasteiger partial charge < -0.3 is 11.1 Å². The van der Waals surface area contributed by atoms with Gasteiger partial charge in [-0.25, -0.2) is 8.42 Å². The zero-order valence-corrected chi connectivity index (χ0v) is 13.6. The molecule has 2 rings (SSSR count). The Hall–Kier alpha value is -2.74. The number of hydrogen-bond donors (Lipinski definition) is 2. The first-order valence-corrected chi connectivity index (χ1v) is 8.83. The number of amides is 2. The van der Waals surface area contributed by atoms with Gasteiger partial charge in [0.1, 0.15) is 6.04 Å². The van der Waals surface area contributed by atoms with E-state index in [2.05, 4.69) is 10.3 Å². The maximum absolute atomic E-state index is 12.2. The highest BCUT2D eigenvalue weighted by Crippen LogP contribution is 2.12. The molecule has 0 fully saturated rings. The molecule has 24 heavy (non-hydrogen) atoms. The van der Waals surface area contributed by atoms with Crippen molar-refractivity contribution in [1.82, 2.24) is 10.3 Å². The Morgan fingerprint density at radius 2 is 1.83 bits per heavy atom. The van der Waals surface area contributed by atoms with Gasteiger partial charge in [-0.3, -0.25) is 14.6 Å². The summed E-state index contributed by atoms with van der Waals surface area (Å²) in [5.41, 5.74) is 5.53. The van der Waals surface area contributed by atoms with E-state index in [1.54, 1.807) is 24.3 Å². The van der Waals surface area contributed by atoms with Crippen LogP contribution in [0.25, 0.3) is 0 Å². The van der Waals surface area contributed by atoms with Crippen molar-refractivity contribution in [3.05, 3.63) is 60.4 Å². The van der Waals surface area contributed by atoms with Crippen molar-refractivity contribution in [2.45, 2.75) is 17.4 Å². The number of pyridine rings is 1. The second-order valence-electron chi connectivity index (χ2n) is 5.09. The van der Waals surface area contributed by atoms with Crippen molar-refractivity contribution in [2.24, 2.45) is 5.73 Å². The van der Waals surface area contributed by atoms with Crippen LogP contribution in [0.5, 0.6) is 0 Å². The van der Waals surface area contributed by atoms with Crippen LogP contribution in [0.2, 0.25) is 0 Å². The summed E-state index contributed by atoms with van der Waals surface area (Å²) >= 11 is 0. The van der Waals surface area contributed by atoms with Gasteiger partial charge in [-0.2, -0.15) is 0 Å². The Morgan fingerprint density at radius 1 is 1.12 bits per heavy atom. The molecule has 0 saturated carbocycles. The standard InChI is InChI=1S/C16H17N3O4S/c17-15(20)14(19-16(21)12-5-4-9-18-11-12)8-10-24(22,23)13-6-2-1-3-7-13/h1-7,9,11,14H,8,10H2,(H2,17,20)(H,19,21)/t14-/m1/s1. The predicted molar refractivity (Wildman–Crippen MR) is 87.8 cm³/mol. The van der Waals surface area contributed by atoms with E-state index >= 15 is 0 Å². The summed E-state index contributed by atoms with van der Waals surface area (Å²) in [6, 6.07) is 9.90. The smallest absolute Gasteiger partial charge is 0.253 e. The Kier molecular flexibility index (Phi) is 5.64. The van der Waals surface area contributed by atoms with E-state index in [4.69, 9.17) is 5.73 Å². The summed E-state index contributed by atoms with van der Waals surface area (Å²) < 4.78 is 24.5. The minimum atomic E-state index is -3.56. The van der Waals surface area contributed by atoms with Crippen molar-refractivity contribution in [1.29, 1.82) is 0 Å². The largest absolute Gasteiger partial charge is 0.368 e. The van der Waals surface area contributed by atoms with Crippen molar-refractivity contribution in [2.75, 3.05) is 5.75 Å². The molecule has 2 aromatic rings. The summed E-state index contributed by atoms with van der Waals surface area (Å²) in [6.45, 7) is 0. The van der Waals surface area contributed by atoms with Gasteiger partial charge in [-0.15, -0.1) is 0 Å². The van der Waals surface area contributed by atoms with Crippen LogP contribution in [0.3, 0.4) is 0 Å². The van der Waals surface area contributed by atoms with E-state index < -0.39 is 27.7 Å². The minimum absolute atomic E-state index is 0.113. The number of hydrogen-bond acceptors (Lipinski definition) is 5. The summed E-state index contributed by atoms with van der Waals surface area (Å²) in [5.74, 6) is -1.64. The first-order valence-electron chi connectivity index (χ1n) is 7.18. The SMILES string of the molecule is NC(=O)[C@@H](CCS(=O)(=O)c1ccccc1)NC(=O)c1cccnc1. The number of nitrogens with zero attached hydrogens (tertiary/aromatic N) is 1. The van der Waals surface area contributed by atoms with E-state index in [0.717, 1.165) is 0 Å². The van der Waals surface area contributed by atoms with Crippen LogP contribution in [0.1, 0.15) is 16.8 Å². The lowest BCUT2D eigenvalue weighted by Crippen LogP contribution is -2.45. The van der Waals surface area contributed by atoms with Gasteiger partial charge in [-0.05, 0) is 30.7 Å². The summed E-state index contributed by atoms with van der Waals surface area (Å²) in [5, 5.41) is 2.44. The van der Waals surface area contributed by atoms with E-state index in [-0.39, 0.29) is 22.6 Å². The van der Waals surface area contributed by atoms with Crippen molar-refractivity contribution in [3.8, 4) is 0 Å². The lowest BCUT2D eigenvalue weighted by atomic mass is 10.2. The van der Waals surface area contributed by atoms with Gasteiger partial charge >= 0.3 is 0 Å². The number of nitrogens with one attached hydrogen (secondary N) is 1. The first-order chi connectivity index (χ1) is 11.4. The Labute approximate surface area is 139 Å². The topological polar surface area (TPSA) is 119 Å². The molecule has 126 valence electrons. The van der Waals surface area contributed by atoms with E-state index in [1.165, 1.54) is 30.6 Å². The van der Waals surface area contributed by atoms with Crippen LogP contribution in [-0.4, -0.2) is 37.0 Å². The lowest BCUT2D eigenvalue weighted by molar-refractivity contribution is -0.119. The monoisotopic (exact) mass is 347 g/mol. The van der Waals surface area contributed by atoms with Crippen LogP contribution in [0, 0.1) is 0 Å². The molecule has 1 heterocycles. The van der Waals surface area contributed by atoms with Gasteiger partial charge in [0.2, 0.25) is 5.91 Å². The fourth-order valence-corrected chi connectivity index (χ4v) is 3.40. The van der Waals surface area contributed by atoms with Gasteiger partial charge in [0.05, 0.1) is 16.2 Å². The molecular formula is C16H17N3O4S. The molecule has 3 N–H and O–H groups in total. The molecule has 8 heteroatoms. The Balaban J connectivity index is 2.04. The number of carbonyl (C=O) groups excluding carboxylic acids is 2. The molecule has 0 aliphatic rings. The zero-order valence-electron chi connectivity index (χ0n) is 12.8. The van der Waals surface area contributed by atoms with E-state index in [9.17, 15) is 18.0 Å². The molecule has 1 aromatic carbocycles. The van der Waals surface area contributed by atoms with Gasteiger partial charge in [-0.1, -0.05) is 18.2 Å². The average Bonchev–Trinajstić information content (AvgIpc) is 2.59. The first kappa shape index (κ1) is 17.6. The number of aromatic nitrogens is 1. The number of nitrogens with two attached hydrogens (primary N) is 1. The highest BCUT2D eigenvalue weighted by molar-refractivity contribution is 7.91. The summed E-state index contributed by atoms with van der Waals surface area (Å²) in [4.78, 5) is 27.5. The third-order valence-corrected chi connectivity index (χ3v) is 5.11. The number of sulfone groups is 1. The number of rotatable bonds is 7. The molecule has 0 unspecified atom stereocenters. The molecule has 2 amide bonds. The van der Waals surface area contributed by atoms with Gasteiger partial charge in [0, 0.05) is 12.4 Å². The van der Waals surface area contributed by atoms with Crippen LogP contribution in [-0.2, 0) is 14.6 Å². The predicted octanol–water partition coefficient (Wildman–Crippen LogP) is 0.529. The molecule has 0 aliphatic heterocycles. The highest BCUT2D eigenvalue weighted by atomic mass is 32.2. The summed E-state index contributed by atoms with van der Waals surface area (Å²) in [7, 11) is -3.56. The summed E-state index contributed by atoms with van der Waals surface area (Å²) in [6.07, 6.45) is 2.74. The lowest BCUT2D eigenvalue weighted by Gasteiger charge is -2.15. The minimum Gasteiger partial charge on any atom is -0.368 e. The maximum Gasteiger partial charge on any atom is 0.253 e. The quantitative estimate of drug-likeness (QED) is 0.757. The molecule has 0 spiro atoms. The average molecular weight is 347 g/mol. The fraction of sp³-hybridized carbons (Fsp3) is 0.188. The van der Waals surface area contributed by atoms with Crippen molar-refractivity contribution < 1.29 is 18.0 Å². The van der Waals surface area contributed by atoms with Crippen molar-refractivity contribution in [3.63, 3.8) is 0 Å². The molecule has 1 aromatic heterocycles. The second kappa shape index (κ2) is 7.69. The molecular weight excluding hydrogens is 330 g/mol. The van der Waals surface area contributed by atoms with Crippen molar-refractivity contribution >= 4 is 21.7 Å². The van der Waals surface area contributed by atoms with Crippen LogP contribution in [0.4, 0.5) is 0 Å². The maximum atomic E-state index is 12.2. The molecule has 0 aliphatic carbocycles. The highest BCUT2D eigenvalue weighted by Gasteiger charge is 2.23. The van der Waals surface area contributed by atoms with Crippen LogP contribution in [0.15, 0.2) is 59.8 Å². The zero-order chi connectivity index (χ0) is 17.6. The fourth-order valence-electron chi connectivity index (χ4n) is 2.04. The third kappa shape index (κ3) is 4.63. The van der Waals surface area contributed by atoms with Crippen LogP contribution >= 0.6 is 0 Å². The second-order valence-corrected chi connectivity index (χ2v) is 7.20. The normalized spacial score (nSPS) is 12.3. The molecule has 7 nitrogen and oxygen atoms in total. The van der Waals surface area contributed by atoms with E-state index in [0.29, 0.717) is 0 Å². The van der Waals surface area contributed by atoms with Gasteiger partial charge in [0.15, 0.2) is 9.84 Å². The van der Waals surface area contributed by atoms with Gasteiger partial charge in [0.25, 0.3) is 5.91 Å². The molecule has 1 atom stereocenters. The van der Waals surface area contributed by atoms with Crippen LogP contribution < -0.4 is 11.1 Å². The third-order valence-electron chi connectivity index (χ3n) is 3.35. The molecule has 0 saturated heterocycles. The van der Waals surface area contributed by atoms with E-state index in [1.807, 2.05) is 0 Å². The number of benzene rings is 1. The molecule has 0 radical (unpaired) electrons. The number of primary amides is 1. The number of carbonyl (C=O) groups is 2. The Morgan fingerprint density at radius 3 is 2.42 bits per heavy atom. The molecule has 0 bridgehead atoms.